The first-order chi connectivity index (χ1) is 9.16. The van der Waals surface area contributed by atoms with Crippen molar-refractivity contribution >= 4 is 5.91 Å². The Kier molecular flexibility index (Phi) is 4.91. The molecule has 0 aliphatic carbocycles. The summed E-state index contributed by atoms with van der Waals surface area (Å²) in [6.07, 6.45) is 7.13. The van der Waals surface area contributed by atoms with E-state index in [1.54, 1.807) is 12.4 Å². The number of amides is 1. The van der Waals surface area contributed by atoms with Crippen molar-refractivity contribution in [3.8, 4) is 0 Å². The van der Waals surface area contributed by atoms with Gasteiger partial charge in [0.05, 0.1) is 0 Å². The van der Waals surface area contributed by atoms with Gasteiger partial charge in [0.1, 0.15) is 0 Å². The molecule has 2 heterocycles. The van der Waals surface area contributed by atoms with E-state index in [1.165, 1.54) is 5.56 Å². The summed E-state index contributed by atoms with van der Waals surface area (Å²) in [5.41, 5.74) is 7.12. The fraction of sp³-hybridized carbons (Fsp3) is 0.600. The number of aryl methyl sites for hydroxylation is 1. The van der Waals surface area contributed by atoms with E-state index in [9.17, 15) is 4.79 Å². The minimum Gasteiger partial charge on any atom is -0.342 e. The van der Waals surface area contributed by atoms with Crippen molar-refractivity contribution < 1.29 is 4.79 Å². The molecule has 2 atom stereocenters. The Balaban J connectivity index is 1.83. The van der Waals surface area contributed by atoms with Gasteiger partial charge in [-0.15, -0.1) is 0 Å². The first kappa shape index (κ1) is 14.0. The van der Waals surface area contributed by atoms with Crippen LogP contribution >= 0.6 is 0 Å². The lowest BCUT2D eigenvalue weighted by Crippen LogP contribution is -2.45. The average molecular weight is 261 g/mol. The molecule has 4 nitrogen and oxygen atoms in total. The van der Waals surface area contributed by atoms with Gasteiger partial charge in [-0.2, -0.15) is 0 Å². The summed E-state index contributed by atoms with van der Waals surface area (Å²) in [7, 11) is 0. The zero-order valence-corrected chi connectivity index (χ0v) is 11.6. The summed E-state index contributed by atoms with van der Waals surface area (Å²) in [4.78, 5) is 18.2. The van der Waals surface area contributed by atoms with Gasteiger partial charge < -0.3 is 10.6 Å². The number of rotatable bonds is 4. The molecule has 1 aliphatic rings. The van der Waals surface area contributed by atoms with Crippen molar-refractivity contribution in [2.24, 2.45) is 11.7 Å². The normalized spacial score (nSPS) is 21.2. The zero-order valence-electron chi connectivity index (χ0n) is 11.6. The third-order valence-corrected chi connectivity index (χ3v) is 3.93. The van der Waals surface area contributed by atoms with Crippen molar-refractivity contribution in [1.29, 1.82) is 0 Å². The molecule has 2 unspecified atom stereocenters. The lowest BCUT2D eigenvalue weighted by molar-refractivity contribution is -0.133. The Labute approximate surface area is 115 Å². The topological polar surface area (TPSA) is 59.2 Å². The highest BCUT2D eigenvalue weighted by atomic mass is 16.2. The van der Waals surface area contributed by atoms with E-state index in [0.29, 0.717) is 12.3 Å². The Morgan fingerprint density at radius 3 is 2.95 bits per heavy atom. The van der Waals surface area contributed by atoms with E-state index in [4.69, 9.17) is 5.73 Å². The molecule has 1 fully saturated rings. The van der Waals surface area contributed by atoms with Crippen LogP contribution in [0.2, 0.25) is 0 Å². The van der Waals surface area contributed by atoms with Crippen LogP contribution in [-0.2, 0) is 11.2 Å². The number of hydrogen-bond acceptors (Lipinski definition) is 3. The number of piperidine rings is 1. The first-order valence-corrected chi connectivity index (χ1v) is 7.09. The summed E-state index contributed by atoms with van der Waals surface area (Å²) in [6, 6.07) is 4.11. The molecule has 2 N–H and O–H groups in total. The molecule has 0 aromatic carbocycles. The van der Waals surface area contributed by atoms with Gasteiger partial charge in [-0.05, 0) is 49.8 Å². The van der Waals surface area contributed by atoms with Crippen LogP contribution in [0.3, 0.4) is 0 Å². The second kappa shape index (κ2) is 6.66. The summed E-state index contributed by atoms with van der Waals surface area (Å²) < 4.78 is 0. The predicted molar refractivity (Wildman–Crippen MR) is 75.5 cm³/mol. The van der Waals surface area contributed by atoms with Gasteiger partial charge in [0.25, 0.3) is 0 Å². The van der Waals surface area contributed by atoms with Crippen LogP contribution in [0.1, 0.15) is 31.7 Å². The van der Waals surface area contributed by atoms with E-state index in [1.807, 2.05) is 24.0 Å². The van der Waals surface area contributed by atoms with Crippen molar-refractivity contribution in [1.82, 2.24) is 9.88 Å². The smallest absolute Gasteiger partial charge is 0.222 e. The highest BCUT2D eigenvalue weighted by molar-refractivity contribution is 5.76. The van der Waals surface area contributed by atoms with Crippen molar-refractivity contribution in [3.63, 3.8) is 0 Å². The fourth-order valence-electron chi connectivity index (χ4n) is 2.62. The molecule has 1 aromatic rings. The van der Waals surface area contributed by atoms with Crippen molar-refractivity contribution in [2.75, 3.05) is 13.1 Å². The highest BCUT2D eigenvalue weighted by Gasteiger charge is 2.25. The maximum atomic E-state index is 12.2. The summed E-state index contributed by atoms with van der Waals surface area (Å²) in [6.45, 7) is 3.75. The maximum absolute atomic E-state index is 12.2. The van der Waals surface area contributed by atoms with Crippen molar-refractivity contribution in [3.05, 3.63) is 30.1 Å². The third-order valence-electron chi connectivity index (χ3n) is 3.93. The van der Waals surface area contributed by atoms with E-state index in [2.05, 4.69) is 4.98 Å². The molecular formula is C15H23N3O. The van der Waals surface area contributed by atoms with Gasteiger partial charge >= 0.3 is 0 Å². The second-order valence-electron chi connectivity index (χ2n) is 5.46. The zero-order chi connectivity index (χ0) is 13.7. The summed E-state index contributed by atoms with van der Waals surface area (Å²) >= 11 is 0. The van der Waals surface area contributed by atoms with Crippen LogP contribution in [0, 0.1) is 5.92 Å². The average Bonchev–Trinajstić information content (AvgIpc) is 2.46. The van der Waals surface area contributed by atoms with Gasteiger partial charge in [0.2, 0.25) is 5.91 Å². The molecule has 0 spiro atoms. The Bertz CT molecular complexity index is 405. The molecule has 4 heteroatoms. The largest absolute Gasteiger partial charge is 0.342 e. The van der Waals surface area contributed by atoms with Crippen LogP contribution in [-0.4, -0.2) is 34.9 Å². The molecule has 0 bridgehead atoms. The molecule has 1 amide bonds. The molecule has 104 valence electrons. The molecule has 1 saturated heterocycles. The summed E-state index contributed by atoms with van der Waals surface area (Å²) in [5, 5.41) is 0. The Hall–Kier alpha value is -1.42. The maximum Gasteiger partial charge on any atom is 0.222 e. The molecular weight excluding hydrogens is 238 g/mol. The van der Waals surface area contributed by atoms with Crippen LogP contribution < -0.4 is 5.73 Å². The number of carbonyl (C=O) groups excluding carboxylic acids is 1. The Morgan fingerprint density at radius 2 is 2.26 bits per heavy atom. The first-order valence-electron chi connectivity index (χ1n) is 7.09. The highest BCUT2D eigenvalue weighted by Crippen LogP contribution is 2.19. The number of pyridine rings is 1. The van der Waals surface area contributed by atoms with Gasteiger partial charge in [-0.3, -0.25) is 9.78 Å². The number of aromatic nitrogens is 1. The second-order valence-corrected chi connectivity index (χ2v) is 5.46. The molecule has 19 heavy (non-hydrogen) atoms. The Morgan fingerprint density at radius 1 is 1.53 bits per heavy atom. The monoisotopic (exact) mass is 261 g/mol. The van der Waals surface area contributed by atoms with Crippen molar-refractivity contribution in [2.45, 2.75) is 38.6 Å². The van der Waals surface area contributed by atoms with Crippen LogP contribution in [0.25, 0.3) is 0 Å². The van der Waals surface area contributed by atoms with Gasteiger partial charge in [-0.1, -0.05) is 0 Å². The van der Waals surface area contributed by atoms with Gasteiger partial charge in [0.15, 0.2) is 0 Å². The van der Waals surface area contributed by atoms with E-state index >= 15 is 0 Å². The molecule has 1 aromatic heterocycles. The van der Waals surface area contributed by atoms with Crippen LogP contribution in [0.4, 0.5) is 0 Å². The number of hydrogen-bond donors (Lipinski definition) is 1. The van der Waals surface area contributed by atoms with E-state index < -0.39 is 0 Å². The molecule has 0 saturated carbocycles. The van der Waals surface area contributed by atoms with Crippen LogP contribution in [0.15, 0.2) is 24.5 Å². The van der Waals surface area contributed by atoms with E-state index in [0.717, 1.165) is 32.4 Å². The third kappa shape index (κ3) is 4.03. The quantitative estimate of drug-likeness (QED) is 0.895. The van der Waals surface area contributed by atoms with Gasteiger partial charge in [-0.25, -0.2) is 0 Å². The number of likely N-dealkylation sites (tertiary alicyclic amines) is 1. The standard InChI is InChI=1S/C15H23N3O/c1-12(16)14-3-2-10-18(11-14)15(19)5-4-13-6-8-17-9-7-13/h6-9,12,14H,2-5,10-11,16H2,1H3. The lowest BCUT2D eigenvalue weighted by Gasteiger charge is -2.34. The molecule has 1 aliphatic heterocycles. The van der Waals surface area contributed by atoms with E-state index in [-0.39, 0.29) is 11.9 Å². The molecule has 0 radical (unpaired) electrons. The number of carbonyl (C=O) groups is 1. The minimum atomic E-state index is 0.177. The van der Waals surface area contributed by atoms with Gasteiger partial charge in [0, 0.05) is 37.9 Å². The molecule has 2 rings (SSSR count). The SMILES string of the molecule is CC(N)C1CCCN(C(=O)CCc2ccncc2)C1. The van der Waals surface area contributed by atoms with Crippen LogP contribution in [0.5, 0.6) is 0 Å². The number of nitrogens with zero attached hydrogens (tertiary/aromatic N) is 2. The minimum absolute atomic E-state index is 0.177. The lowest BCUT2D eigenvalue weighted by atomic mass is 9.92. The number of nitrogens with two attached hydrogens (primary N) is 1. The fourth-order valence-corrected chi connectivity index (χ4v) is 2.62. The predicted octanol–water partition coefficient (Wildman–Crippen LogP) is 1.60. The summed E-state index contributed by atoms with van der Waals surface area (Å²) in [5.74, 6) is 0.709.